The molecule has 4 nitrogen and oxygen atoms in total. The molecule has 2 atom stereocenters. The summed E-state index contributed by atoms with van der Waals surface area (Å²) in [5.41, 5.74) is 2.77. The second-order valence-electron chi connectivity index (χ2n) is 5.80. The van der Waals surface area contributed by atoms with E-state index in [1.165, 1.54) is 6.92 Å². The largest absolute Gasteiger partial charge is 0.451 e. The molecule has 0 saturated carbocycles. The van der Waals surface area contributed by atoms with Gasteiger partial charge in [-0.3, -0.25) is 9.59 Å². The lowest BCUT2D eigenvalue weighted by Crippen LogP contribution is -2.30. The van der Waals surface area contributed by atoms with Crippen LogP contribution in [-0.4, -0.2) is 29.9 Å². The van der Waals surface area contributed by atoms with E-state index in [4.69, 9.17) is 4.74 Å². The molecular formula is C20H19NO3. The molecule has 0 radical (unpaired) electrons. The van der Waals surface area contributed by atoms with Crippen LogP contribution in [-0.2, 0) is 14.3 Å². The van der Waals surface area contributed by atoms with Crippen LogP contribution in [0.5, 0.6) is 0 Å². The average molecular weight is 321 g/mol. The standard InChI is InChI=1S/C20H19NO3/c1-14(22)24-19-18(16-11-7-4-8-12-16)17(21(2)20(19)23)13-15-9-5-3-6-10-15/h3-13,18-19H,1-2H3/b17-13+/t18-,19+/m1/s1. The molecule has 0 aliphatic carbocycles. The molecule has 4 heteroatoms. The quantitative estimate of drug-likeness (QED) is 0.816. The third-order valence-corrected chi connectivity index (χ3v) is 4.15. The number of amides is 1. The third-order valence-electron chi connectivity index (χ3n) is 4.15. The van der Waals surface area contributed by atoms with Crippen molar-refractivity contribution in [1.82, 2.24) is 4.90 Å². The predicted molar refractivity (Wildman–Crippen MR) is 91.9 cm³/mol. The first-order valence-corrected chi connectivity index (χ1v) is 7.84. The molecule has 122 valence electrons. The molecule has 24 heavy (non-hydrogen) atoms. The van der Waals surface area contributed by atoms with Gasteiger partial charge in [-0.05, 0) is 17.2 Å². The van der Waals surface area contributed by atoms with Crippen LogP contribution in [0.25, 0.3) is 6.08 Å². The molecule has 0 aromatic heterocycles. The molecule has 0 unspecified atom stereocenters. The zero-order valence-electron chi connectivity index (χ0n) is 13.7. The lowest BCUT2D eigenvalue weighted by atomic mass is 9.92. The number of nitrogens with zero attached hydrogens (tertiary/aromatic N) is 1. The smallest absolute Gasteiger partial charge is 0.303 e. The highest BCUT2D eigenvalue weighted by atomic mass is 16.5. The highest BCUT2D eigenvalue weighted by Gasteiger charge is 2.45. The van der Waals surface area contributed by atoms with Crippen LogP contribution < -0.4 is 0 Å². The Labute approximate surface area is 141 Å². The Morgan fingerprint density at radius 2 is 1.62 bits per heavy atom. The van der Waals surface area contributed by atoms with Gasteiger partial charge in [-0.15, -0.1) is 0 Å². The SMILES string of the molecule is CC(=O)O[C@@H]1C(=O)N(C)/C(=C/c2ccccc2)[C@H]1c1ccccc1. The van der Waals surface area contributed by atoms with Gasteiger partial charge < -0.3 is 9.64 Å². The molecule has 1 saturated heterocycles. The maximum Gasteiger partial charge on any atom is 0.303 e. The second kappa shape index (κ2) is 6.71. The topological polar surface area (TPSA) is 46.6 Å². The van der Waals surface area contributed by atoms with Gasteiger partial charge >= 0.3 is 5.97 Å². The number of carbonyl (C=O) groups excluding carboxylic acids is 2. The van der Waals surface area contributed by atoms with Gasteiger partial charge in [0.25, 0.3) is 5.91 Å². The van der Waals surface area contributed by atoms with Gasteiger partial charge in [0.1, 0.15) is 0 Å². The number of rotatable bonds is 3. The summed E-state index contributed by atoms with van der Waals surface area (Å²) in [6, 6.07) is 19.5. The summed E-state index contributed by atoms with van der Waals surface area (Å²) in [7, 11) is 1.72. The van der Waals surface area contributed by atoms with Crippen LogP contribution in [0.2, 0.25) is 0 Å². The Bertz CT molecular complexity index is 768. The Balaban J connectivity index is 2.09. The third kappa shape index (κ3) is 3.08. The van der Waals surface area contributed by atoms with E-state index < -0.39 is 12.1 Å². The van der Waals surface area contributed by atoms with E-state index in [9.17, 15) is 9.59 Å². The summed E-state index contributed by atoms with van der Waals surface area (Å²) < 4.78 is 5.36. The summed E-state index contributed by atoms with van der Waals surface area (Å²) >= 11 is 0. The van der Waals surface area contributed by atoms with Crippen molar-refractivity contribution in [2.24, 2.45) is 0 Å². The Morgan fingerprint density at radius 1 is 1.04 bits per heavy atom. The van der Waals surface area contributed by atoms with Gasteiger partial charge in [0.2, 0.25) is 0 Å². The maximum atomic E-state index is 12.6. The number of ether oxygens (including phenoxy) is 1. The Hall–Kier alpha value is -2.88. The summed E-state index contributed by atoms with van der Waals surface area (Å²) in [6.45, 7) is 1.33. The number of hydrogen-bond acceptors (Lipinski definition) is 3. The Kier molecular flexibility index (Phi) is 4.47. The number of esters is 1. The van der Waals surface area contributed by atoms with E-state index in [1.54, 1.807) is 11.9 Å². The van der Waals surface area contributed by atoms with Crippen LogP contribution in [0.4, 0.5) is 0 Å². The van der Waals surface area contributed by atoms with Crippen molar-refractivity contribution in [3.63, 3.8) is 0 Å². The van der Waals surface area contributed by atoms with Crippen molar-refractivity contribution in [2.45, 2.75) is 18.9 Å². The summed E-state index contributed by atoms with van der Waals surface area (Å²) in [6.07, 6.45) is 1.14. The van der Waals surface area contributed by atoms with Crippen molar-refractivity contribution in [2.75, 3.05) is 7.05 Å². The van der Waals surface area contributed by atoms with Crippen LogP contribution in [0.15, 0.2) is 66.4 Å². The molecule has 1 fully saturated rings. The van der Waals surface area contributed by atoms with Gasteiger partial charge in [0, 0.05) is 19.7 Å². The van der Waals surface area contributed by atoms with E-state index in [2.05, 4.69) is 0 Å². The van der Waals surface area contributed by atoms with Gasteiger partial charge in [-0.2, -0.15) is 0 Å². The minimum atomic E-state index is -0.829. The van der Waals surface area contributed by atoms with Crippen LogP contribution >= 0.6 is 0 Å². The molecule has 0 spiro atoms. The molecule has 1 aliphatic rings. The molecule has 2 aromatic rings. The minimum absolute atomic E-state index is 0.207. The van der Waals surface area contributed by atoms with Crippen molar-refractivity contribution < 1.29 is 14.3 Å². The lowest BCUT2D eigenvalue weighted by Gasteiger charge is -2.19. The van der Waals surface area contributed by atoms with E-state index in [0.29, 0.717) is 0 Å². The first kappa shape index (κ1) is 16.0. The average Bonchev–Trinajstić information content (AvgIpc) is 2.81. The Morgan fingerprint density at radius 3 is 2.21 bits per heavy atom. The van der Waals surface area contributed by atoms with Crippen LogP contribution in [0.1, 0.15) is 24.0 Å². The molecule has 1 heterocycles. The number of likely N-dealkylation sites (N-methyl/N-ethyl adjacent to an activating group) is 1. The number of benzene rings is 2. The molecule has 2 aromatic carbocycles. The van der Waals surface area contributed by atoms with Crippen LogP contribution in [0.3, 0.4) is 0 Å². The first-order chi connectivity index (χ1) is 11.6. The summed E-state index contributed by atoms with van der Waals surface area (Å²) in [4.78, 5) is 25.7. The molecule has 3 rings (SSSR count). The monoisotopic (exact) mass is 321 g/mol. The molecule has 1 amide bonds. The molecular weight excluding hydrogens is 302 g/mol. The molecule has 0 N–H and O–H groups in total. The predicted octanol–water partition coefficient (Wildman–Crippen LogP) is 3.22. The van der Waals surface area contributed by atoms with Crippen molar-refractivity contribution in [1.29, 1.82) is 0 Å². The number of hydrogen-bond donors (Lipinski definition) is 0. The number of carbonyl (C=O) groups is 2. The van der Waals surface area contributed by atoms with E-state index in [1.807, 2.05) is 66.7 Å². The fourth-order valence-electron chi connectivity index (χ4n) is 3.03. The first-order valence-electron chi connectivity index (χ1n) is 7.84. The van der Waals surface area contributed by atoms with Crippen molar-refractivity contribution in [3.8, 4) is 0 Å². The summed E-state index contributed by atoms with van der Waals surface area (Å²) in [5.74, 6) is -0.974. The number of likely N-dealkylation sites (tertiary alicyclic amines) is 1. The maximum absolute atomic E-state index is 12.6. The highest BCUT2D eigenvalue weighted by Crippen LogP contribution is 2.39. The summed E-state index contributed by atoms with van der Waals surface area (Å²) in [5, 5.41) is 0. The highest BCUT2D eigenvalue weighted by molar-refractivity contribution is 5.91. The fraction of sp³-hybridized carbons (Fsp3) is 0.200. The van der Waals surface area contributed by atoms with Gasteiger partial charge in [-0.1, -0.05) is 60.7 Å². The minimum Gasteiger partial charge on any atom is -0.451 e. The van der Waals surface area contributed by atoms with E-state index in [-0.39, 0.29) is 11.8 Å². The van der Waals surface area contributed by atoms with Crippen molar-refractivity contribution in [3.05, 3.63) is 77.5 Å². The van der Waals surface area contributed by atoms with Gasteiger partial charge in [0.05, 0.1) is 5.92 Å². The van der Waals surface area contributed by atoms with E-state index >= 15 is 0 Å². The molecule has 1 aliphatic heterocycles. The van der Waals surface area contributed by atoms with Crippen LogP contribution in [0, 0.1) is 0 Å². The van der Waals surface area contributed by atoms with Gasteiger partial charge in [0.15, 0.2) is 6.10 Å². The zero-order chi connectivity index (χ0) is 17.1. The van der Waals surface area contributed by atoms with E-state index in [0.717, 1.165) is 16.8 Å². The lowest BCUT2D eigenvalue weighted by molar-refractivity contribution is -0.154. The fourth-order valence-corrected chi connectivity index (χ4v) is 3.03. The zero-order valence-corrected chi connectivity index (χ0v) is 13.7. The normalized spacial score (nSPS) is 22.0. The van der Waals surface area contributed by atoms with Gasteiger partial charge in [-0.25, -0.2) is 0 Å². The second-order valence-corrected chi connectivity index (χ2v) is 5.80. The van der Waals surface area contributed by atoms with Crippen molar-refractivity contribution >= 4 is 18.0 Å². The molecule has 0 bridgehead atoms.